The second-order valence-electron chi connectivity index (χ2n) is 5.14. The van der Waals surface area contributed by atoms with Crippen molar-refractivity contribution in [3.8, 4) is 6.07 Å². The van der Waals surface area contributed by atoms with E-state index in [2.05, 4.69) is 32.2 Å². The summed E-state index contributed by atoms with van der Waals surface area (Å²) in [6.45, 7) is 4.16. The van der Waals surface area contributed by atoms with Crippen LogP contribution in [0.3, 0.4) is 0 Å². The highest BCUT2D eigenvalue weighted by Gasteiger charge is 2.21. The topological polar surface area (TPSA) is 56.1 Å². The molecule has 0 radical (unpaired) electrons. The molecule has 0 aromatic heterocycles. The van der Waals surface area contributed by atoms with Crippen LogP contribution in [-0.4, -0.2) is 36.5 Å². The van der Waals surface area contributed by atoms with Gasteiger partial charge in [0.15, 0.2) is 0 Å². The van der Waals surface area contributed by atoms with Crippen LogP contribution in [0.15, 0.2) is 22.7 Å². The molecule has 0 aliphatic carbocycles. The number of carbonyl (C=O) groups is 1. The Morgan fingerprint density at radius 1 is 1.50 bits per heavy atom. The van der Waals surface area contributed by atoms with Gasteiger partial charge in [0.25, 0.3) is 5.91 Å². The van der Waals surface area contributed by atoms with E-state index in [9.17, 15) is 4.79 Å². The molecule has 0 atom stereocenters. The van der Waals surface area contributed by atoms with Crippen LogP contribution < -0.4 is 5.32 Å². The third-order valence-electron chi connectivity index (χ3n) is 3.66. The van der Waals surface area contributed by atoms with E-state index in [1.807, 2.05) is 25.1 Å². The lowest BCUT2D eigenvalue weighted by Crippen LogP contribution is -2.44. The molecule has 2 rings (SSSR count). The predicted molar refractivity (Wildman–Crippen MR) is 81.4 cm³/mol. The van der Waals surface area contributed by atoms with Gasteiger partial charge in [-0.05, 0) is 37.5 Å². The highest BCUT2D eigenvalue weighted by atomic mass is 79.9. The lowest BCUT2D eigenvalue weighted by molar-refractivity contribution is 0.0913. The quantitative estimate of drug-likeness (QED) is 0.863. The highest BCUT2D eigenvalue weighted by molar-refractivity contribution is 9.10. The average Bonchev–Trinajstić information content (AvgIpc) is 2.44. The summed E-state index contributed by atoms with van der Waals surface area (Å²) in [7, 11) is 0. The first-order chi connectivity index (χ1) is 9.60. The number of aryl methyl sites for hydroxylation is 1. The number of rotatable bonds is 3. The molecule has 1 fully saturated rings. The molecule has 5 heteroatoms. The zero-order valence-electron chi connectivity index (χ0n) is 11.5. The highest BCUT2D eigenvalue weighted by Crippen LogP contribution is 2.17. The number of carbonyl (C=O) groups excluding carboxylic acids is 1. The molecule has 1 saturated heterocycles. The molecular weight excluding hydrogens is 318 g/mol. The molecule has 106 valence electrons. The zero-order valence-corrected chi connectivity index (χ0v) is 13.1. The summed E-state index contributed by atoms with van der Waals surface area (Å²) in [5.41, 5.74) is 1.70. The Kier molecular flexibility index (Phi) is 5.16. The Bertz CT molecular complexity index is 530. The number of likely N-dealkylation sites (tertiary alicyclic amines) is 1. The van der Waals surface area contributed by atoms with Crippen molar-refractivity contribution in [3.63, 3.8) is 0 Å². The summed E-state index contributed by atoms with van der Waals surface area (Å²) in [5, 5.41) is 11.8. The van der Waals surface area contributed by atoms with E-state index in [-0.39, 0.29) is 11.9 Å². The molecule has 1 N–H and O–H groups in total. The largest absolute Gasteiger partial charge is 0.349 e. The van der Waals surface area contributed by atoms with Crippen LogP contribution in [0, 0.1) is 18.3 Å². The van der Waals surface area contributed by atoms with Crippen LogP contribution >= 0.6 is 15.9 Å². The van der Waals surface area contributed by atoms with Gasteiger partial charge in [-0.2, -0.15) is 5.26 Å². The maximum Gasteiger partial charge on any atom is 0.251 e. The van der Waals surface area contributed by atoms with Crippen LogP contribution in [-0.2, 0) is 0 Å². The first-order valence-electron chi connectivity index (χ1n) is 6.76. The second-order valence-corrected chi connectivity index (χ2v) is 6.06. The molecule has 1 aromatic rings. The number of nitrogens with zero attached hydrogens (tertiary/aromatic N) is 2. The maximum absolute atomic E-state index is 12.3. The number of nitriles is 1. The van der Waals surface area contributed by atoms with Crippen molar-refractivity contribution in [1.29, 1.82) is 5.26 Å². The molecule has 0 unspecified atom stereocenters. The summed E-state index contributed by atoms with van der Waals surface area (Å²) in [6.07, 6.45) is 1.81. The van der Waals surface area contributed by atoms with Gasteiger partial charge in [0.05, 0.1) is 12.6 Å². The van der Waals surface area contributed by atoms with E-state index in [4.69, 9.17) is 5.26 Å². The number of hydrogen-bond donors (Lipinski definition) is 1. The van der Waals surface area contributed by atoms with E-state index in [1.165, 1.54) is 0 Å². The van der Waals surface area contributed by atoms with E-state index < -0.39 is 0 Å². The third kappa shape index (κ3) is 3.81. The van der Waals surface area contributed by atoms with Gasteiger partial charge in [0.2, 0.25) is 0 Å². The molecule has 0 spiro atoms. The van der Waals surface area contributed by atoms with Crippen LogP contribution in [0.4, 0.5) is 0 Å². The SMILES string of the molecule is Cc1ccc(Br)cc1C(=O)NC1CCN(CC#N)CC1. The molecule has 1 amide bonds. The van der Waals surface area contributed by atoms with Gasteiger partial charge in [-0.3, -0.25) is 9.69 Å². The normalized spacial score (nSPS) is 16.6. The van der Waals surface area contributed by atoms with Crippen LogP contribution in [0.5, 0.6) is 0 Å². The summed E-state index contributed by atoms with van der Waals surface area (Å²) >= 11 is 3.40. The fourth-order valence-electron chi connectivity index (χ4n) is 2.44. The van der Waals surface area contributed by atoms with Crippen molar-refractivity contribution in [2.75, 3.05) is 19.6 Å². The number of amides is 1. The Hall–Kier alpha value is -1.38. The molecule has 0 bridgehead atoms. The Balaban J connectivity index is 1.93. The third-order valence-corrected chi connectivity index (χ3v) is 4.15. The van der Waals surface area contributed by atoms with E-state index in [0.717, 1.165) is 41.5 Å². The van der Waals surface area contributed by atoms with Crippen molar-refractivity contribution in [3.05, 3.63) is 33.8 Å². The fourth-order valence-corrected chi connectivity index (χ4v) is 2.80. The van der Waals surface area contributed by atoms with Crippen LogP contribution in [0.2, 0.25) is 0 Å². The molecule has 1 aliphatic heterocycles. The number of halogens is 1. The smallest absolute Gasteiger partial charge is 0.251 e. The van der Waals surface area contributed by atoms with Gasteiger partial charge in [0, 0.05) is 29.2 Å². The minimum absolute atomic E-state index is 0.0115. The summed E-state index contributed by atoms with van der Waals surface area (Å²) in [4.78, 5) is 14.4. The number of piperidine rings is 1. The van der Waals surface area contributed by atoms with Gasteiger partial charge >= 0.3 is 0 Å². The van der Waals surface area contributed by atoms with Crippen molar-refractivity contribution in [2.24, 2.45) is 0 Å². The predicted octanol–water partition coefficient (Wildman–Crippen LogP) is 2.48. The Labute approximate surface area is 127 Å². The summed E-state index contributed by atoms with van der Waals surface area (Å²) < 4.78 is 0.914. The second kappa shape index (κ2) is 6.87. The first-order valence-corrected chi connectivity index (χ1v) is 7.56. The standard InChI is InChI=1S/C15H18BrN3O/c1-11-2-3-12(16)10-14(11)15(20)18-13-4-7-19(8-5-13)9-6-17/h2-3,10,13H,4-5,7-9H2,1H3,(H,18,20). The lowest BCUT2D eigenvalue weighted by atomic mass is 10.0. The monoisotopic (exact) mass is 335 g/mol. The lowest BCUT2D eigenvalue weighted by Gasteiger charge is -2.30. The Morgan fingerprint density at radius 2 is 2.20 bits per heavy atom. The van der Waals surface area contributed by atoms with Gasteiger partial charge in [-0.25, -0.2) is 0 Å². The van der Waals surface area contributed by atoms with E-state index >= 15 is 0 Å². The van der Waals surface area contributed by atoms with Crippen molar-refractivity contribution in [2.45, 2.75) is 25.8 Å². The molecular formula is C15H18BrN3O. The van der Waals surface area contributed by atoms with Gasteiger partial charge in [-0.1, -0.05) is 22.0 Å². The summed E-state index contributed by atoms with van der Waals surface area (Å²) in [5.74, 6) is -0.0115. The average molecular weight is 336 g/mol. The molecule has 0 saturated carbocycles. The van der Waals surface area contributed by atoms with Gasteiger partial charge in [0.1, 0.15) is 0 Å². The molecule has 1 heterocycles. The van der Waals surface area contributed by atoms with E-state index in [0.29, 0.717) is 6.54 Å². The van der Waals surface area contributed by atoms with Crippen LogP contribution in [0.25, 0.3) is 0 Å². The van der Waals surface area contributed by atoms with Crippen molar-refractivity contribution < 1.29 is 4.79 Å². The number of benzene rings is 1. The molecule has 1 aliphatic rings. The molecule has 1 aromatic carbocycles. The molecule has 20 heavy (non-hydrogen) atoms. The summed E-state index contributed by atoms with van der Waals surface area (Å²) in [6, 6.07) is 8.10. The Morgan fingerprint density at radius 3 is 2.85 bits per heavy atom. The minimum atomic E-state index is -0.0115. The van der Waals surface area contributed by atoms with Gasteiger partial charge < -0.3 is 5.32 Å². The van der Waals surface area contributed by atoms with E-state index in [1.54, 1.807) is 0 Å². The van der Waals surface area contributed by atoms with Crippen molar-refractivity contribution >= 4 is 21.8 Å². The minimum Gasteiger partial charge on any atom is -0.349 e. The maximum atomic E-state index is 12.3. The molecule has 4 nitrogen and oxygen atoms in total. The fraction of sp³-hybridized carbons (Fsp3) is 0.467. The number of nitrogens with one attached hydrogen (secondary N) is 1. The zero-order chi connectivity index (χ0) is 14.5. The first kappa shape index (κ1) is 15.0. The van der Waals surface area contributed by atoms with Gasteiger partial charge in [-0.15, -0.1) is 0 Å². The van der Waals surface area contributed by atoms with Crippen molar-refractivity contribution in [1.82, 2.24) is 10.2 Å². The number of hydrogen-bond acceptors (Lipinski definition) is 3. The van der Waals surface area contributed by atoms with Crippen LogP contribution in [0.1, 0.15) is 28.8 Å².